The number of benzene rings is 2. The van der Waals surface area contributed by atoms with E-state index in [1.807, 2.05) is 7.05 Å². The standard InChI is InChI=1S/C22H21ClFN3O3S/c1-26-7-9-27(10-8-26)22(29)13-3-6-17(30-2)16(11-13)25-21(28)20-19(23)15-5-4-14(24)12-18(15)31-20/h3-6,11-12H,7-10H2,1-2H3,(H,25,28). The number of hydrogen-bond donors (Lipinski definition) is 1. The molecule has 0 unspecified atom stereocenters. The third kappa shape index (κ3) is 4.37. The summed E-state index contributed by atoms with van der Waals surface area (Å²) in [5.41, 5.74) is 0.831. The minimum Gasteiger partial charge on any atom is -0.495 e. The van der Waals surface area contributed by atoms with Gasteiger partial charge in [0.25, 0.3) is 11.8 Å². The Bertz CT molecular complexity index is 1160. The van der Waals surface area contributed by atoms with E-state index in [9.17, 15) is 14.0 Å². The second kappa shape index (κ2) is 8.82. The number of fused-ring (bicyclic) bond motifs is 1. The maximum Gasteiger partial charge on any atom is 0.267 e. The van der Waals surface area contributed by atoms with Crippen LogP contribution in [0.3, 0.4) is 0 Å². The van der Waals surface area contributed by atoms with Crippen molar-refractivity contribution in [2.45, 2.75) is 0 Å². The van der Waals surface area contributed by atoms with E-state index >= 15 is 0 Å². The van der Waals surface area contributed by atoms with Crippen LogP contribution in [0.5, 0.6) is 5.75 Å². The zero-order valence-corrected chi connectivity index (χ0v) is 18.6. The number of halogens is 2. The fraction of sp³-hybridized carbons (Fsp3) is 0.273. The van der Waals surface area contributed by atoms with Crippen LogP contribution in [0, 0.1) is 5.82 Å². The SMILES string of the molecule is COc1ccc(C(=O)N2CCN(C)CC2)cc1NC(=O)c1sc2cc(F)ccc2c1Cl. The molecular weight excluding hydrogens is 441 g/mol. The van der Waals surface area contributed by atoms with Crippen molar-refractivity contribution in [1.29, 1.82) is 0 Å². The van der Waals surface area contributed by atoms with Crippen molar-refractivity contribution < 1.29 is 18.7 Å². The molecule has 6 nitrogen and oxygen atoms in total. The van der Waals surface area contributed by atoms with Gasteiger partial charge in [0.1, 0.15) is 16.4 Å². The molecule has 0 saturated carbocycles. The fourth-order valence-corrected chi connectivity index (χ4v) is 4.93. The van der Waals surface area contributed by atoms with Crippen molar-refractivity contribution in [1.82, 2.24) is 9.80 Å². The highest BCUT2D eigenvalue weighted by Gasteiger charge is 2.23. The van der Waals surface area contributed by atoms with E-state index in [4.69, 9.17) is 16.3 Å². The summed E-state index contributed by atoms with van der Waals surface area (Å²) in [6.45, 7) is 2.93. The van der Waals surface area contributed by atoms with Gasteiger partial charge in [0.05, 0.1) is 17.8 Å². The van der Waals surface area contributed by atoms with Crippen LogP contribution >= 0.6 is 22.9 Å². The van der Waals surface area contributed by atoms with Crippen LogP contribution in [0.25, 0.3) is 10.1 Å². The first-order valence-electron chi connectivity index (χ1n) is 9.72. The number of rotatable bonds is 4. The van der Waals surface area contributed by atoms with Gasteiger partial charge in [-0.05, 0) is 43.4 Å². The molecule has 2 aromatic carbocycles. The van der Waals surface area contributed by atoms with Crippen LogP contribution in [0.15, 0.2) is 36.4 Å². The smallest absolute Gasteiger partial charge is 0.267 e. The lowest BCUT2D eigenvalue weighted by molar-refractivity contribution is 0.0664. The Hall–Kier alpha value is -2.68. The lowest BCUT2D eigenvalue weighted by atomic mass is 10.1. The summed E-state index contributed by atoms with van der Waals surface area (Å²) in [4.78, 5) is 30.1. The molecule has 1 aliphatic heterocycles. The van der Waals surface area contributed by atoms with Gasteiger partial charge < -0.3 is 19.9 Å². The van der Waals surface area contributed by atoms with Crippen LogP contribution in [0.2, 0.25) is 5.02 Å². The van der Waals surface area contributed by atoms with Gasteiger partial charge in [0.2, 0.25) is 0 Å². The molecule has 2 amide bonds. The molecule has 3 aromatic rings. The quantitative estimate of drug-likeness (QED) is 0.627. The van der Waals surface area contributed by atoms with Crippen LogP contribution in [-0.2, 0) is 0 Å². The fourth-order valence-electron chi connectivity index (χ4n) is 3.49. The monoisotopic (exact) mass is 461 g/mol. The number of thiophene rings is 1. The van der Waals surface area contributed by atoms with Gasteiger partial charge in [-0.25, -0.2) is 4.39 Å². The lowest BCUT2D eigenvalue weighted by Gasteiger charge is -2.32. The summed E-state index contributed by atoms with van der Waals surface area (Å²) >= 11 is 7.48. The predicted molar refractivity (Wildman–Crippen MR) is 121 cm³/mol. The van der Waals surface area contributed by atoms with Crippen molar-refractivity contribution >= 4 is 50.5 Å². The average Bonchev–Trinajstić information content (AvgIpc) is 3.09. The number of nitrogens with zero attached hydrogens (tertiary/aromatic N) is 2. The van der Waals surface area contributed by atoms with E-state index in [1.54, 1.807) is 29.2 Å². The van der Waals surface area contributed by atoms with E-state index in [2.05, 4.69) is 10.2 Å². The number of methoxy groups -OCH3 is 1. The van der Waals surface area contributed by atoms with E-state index < -0.39 is 11.7 Å². The number of ether oxygens (including phenoxy) is 1. The molecule has 0 bridgehead atoms. The van der Waals surface area contributed by atoms with Gasteiger partial charge in [-0.1, -0.05) is 11.6 Å². The van der Waals surface area contributed by atoms with Crippen molar-refractivity contribution in [2.75, 3.05) is 45.7 Å². The van der Waals surface area contributed by atoms with Crippen molar-refractivity contribution in [3.05, 3.63) is 57.7 Å². The molecule has 0 radical (unpaired) electrons. The Morgan fingerprint density at radius 2 is 1.87 bits per heavy atom. The van der Waals surface area contributed by atoms with Crippen molar-refractivity contribution in [3.8, 4) is 5.75 Å². The molecule has 2 heterocycles. The van der Waals surface area contributed by atoms with Gasteiger partial charge in [-0.2, -0.15) is 0 Å². The highest BCUT2D eigenvalue weighted by Crippen LogP contribution is 2.37. The second-order valence-electron chi connectivity index (χ2n) is 7.35. The third-order valence-corrected chi connectivity index (χ3v) is 6.94. The maximum atomic E-state index is 13.5. The van der Waals surface area contributed by atoms with Gasteiger partial charge >= 0.3 is 0 Å². The van der Waals surface area contributed by atoms with Crippen LogP contribution < -0.4 is 10.1 Å². The summed E-state index contributed by atoms with van der Waals surface area (Å²) in [5.74, 6) is -0.517. The molecule has 0 spiro atoms. The van der Waals surface area contributed by atoms with Crippen LogP contribution in [-0.4, -0.2) is 62.0 Å². The van der Waals surface area contributed by atoms with Crippen molar-refractivity contribution in [3.63, 3.8) is 0 Å². The van der Waals surface area contributed by atoms with Gasteiger partial charge in [-0.3, -0.25) is 9.59 Å². The Morgan fingerprint density at radius 1 is 1.13 bits per heavy atom. The van der Waals surface area contributed by atoms with Gasteiger partial charge in [-0.15, -0.1) is 11.3 Å². The molecule has 31 heavy (non-hydrogen) atoms. The van der Waals surface area contributed by atoms with Crippen LogP contribution in [0.1, 0.15) is 20.0 Å². The predicted octanol–water partition coefficient (Wildman–Crippen LogP) is 4.34. The van der Waals surface area contributed by atoms with E-state index in [-0.39, 0.29) is 15.8 Å². The minimum absolute atomic E-state index is 0.0957. The molecule has 1 saturated heterocycles. The summed E-state index contributed by atoms with van der Waals surface area (Å²) < 4.78 is 19.5. The number of carbonyl (C=O) groups is 2. The molecular formula is C22H21ClFN3O3S. The number of amides is 2. The Kier molecular flexibility index (Phi) is 6.13. The molecule has 1 fully saturated rings. The van der Waals surface area contributed by atoms with Gasteiger partial charge in [0, 0.05) is 41.8 Å². The number of nitrogens with one attached hydrogen (secondary N) is 1. The first kappa shape index (κ1) is 21.5. The summed E-state index contributed by atoms with van der Waals surface area (Å²) in [6.07, 6.45) is 0. The molecule has 0 atom stereocenters. The summed E-state index contributed by atoms with van der Waals surface area (Å²) in [7, 11) is 3.51. The number of hydrogen-bond acceptors (Lipinski definition) is 5. The number of carbonyl (C=O) groups excluding carboxylic acids is 2. The average molecular weight is 462 g/mol. The van der Waals surface area contributed by atoms with Crippen LogP contribution in [0.4, 0.5) is 10.1 Å². The van der Waals surface area contributed by atoms with Gasteiger partial charge in [0.15, 0.2) is 0 Å². The van der Waals surface area contributed by atoms with E-state index in [1.165, 1.54) is 19.2 Å². The van der Waals surface area contributed by atoms with E-state index in [0.29, 0.717) is 40.2 Å². The zero-order chi connectivity index (χ0) is 22.1. The minimum atomic E-state index is -0.450. The summed E-state index contributed by atoms with van der Waals surface area (Å²) in [5, 5.41) is 3.67. The Balaban J connectivity index is 1.60. The first-order valence-corrected chi connectivity index (χ1v) is 10.9. The largest absolute Gasteiger partial charge is 0.495 e. The molecule has 1 N–H and O–H groups in total. The summed E-state index contributed by atoms with van der Waals surface area (Å²) in [6, 6.07) is 9.15. The molecule has 0 aliphatic carbocycles. The lowest BCUT2D eigenvalue weighted by Crippen LogP contribution is -2.47. The number of anilines is 1. The highest BCUT2D eigenvalue weighted by atomic mass is 35.5. The number of likely N-dealkylation sites (N-methyl/N-ethyl adjacent to an activating group) is 1. The molecule has 1 aromatic heterocycles. The topological polar surface area (TPSA) is 61.9 Å². The number of piperazine rings is 1. The Morgan fingerprint density at radius 3 is 2.58 bits per heavy atom. The second-order valence-corrected chi connectivity index (χ2v) is 8.78. The normalized spacial score (nSPS) is 14.6. The Labute approximate surface area is 188 Å². The van der Waals surface area contributed by atoms with Crippen molar-refractivity contribution in [2.24, 2.45) is 0 Å². The maximum absolute atomic E-state index is 13.5. The molecule has 162 valence electrons. The molecule has 1 aliphatic rings. The molecule has 4 rings (SSSR count). The molecule has 9 heteroatoms. The first-order chi connectivity index (χ1) is 14.9. The zero-order valence-electron chi connectivity index (χ0n) is 17.1. The third-order valence-electron chi connectivity index (χ3n) is 5.28. The highest BCUT2D eigenvalue weighted by molar-refractivity contribution is 7.21. The van der Waals surface area contributed by atoms with E-state index in [0.717, 1.165) is 24.4 Å².